The normalized spacial score (nSPS) is 10.4. The lowest BCUT2D eigenvalue weighted by molar-refractivity contribution is 0.100. The Bertz CT molecular complexity index is 640. The van der Waals surface area contributed by atoms with Gasteiger partial charge in [-0.3, -0.25) is 9.59 Å². The third-order valence-corrected chi connectivity index (χ3v) is 3.24. The summed E-state index contributed by atoms with van der Waals surface area (Å²) < 4.78 is 10.5. The van der Waals surface area contributed by atoms with Crippen LogP contribution in [0.5, 0.6) is 11.5 Å². The van der Waals surface area contributed by atoms with Gasteiger partial charge >= 0.3 is 0 Å². The molecule has 0 spiro atoms. The highest BCUT2D eigenvalue weighted by Crippen LogP contribution is 2.31. The van der Waals surface area contributed by atoms with E-state index in [-0.39, 0.29) is 11.6 Å². The molecule has 0 aliphatic rings. The second kappa shape index (κ2) is 5.33. The van der Waals surface area contributed by atoms with Gasteiger partial charge in [-0.25, -0.2) is 0 Å². The molecular formula is C16H16O4. The van der Waals surface area contributed by atoms with Crippen LogP contribution in [0.15, 0.2) is 24.3 Å². The van der Waals surface area contributed by atoms with Crippen molar-refractivity contribution in [2.75, 3.05) is 14.2 Å². The van der Waals surface area contributed by atoms with E-state index in [0.717, 1.165) is 10.8 Å². The Labute approximate surface area is 117 Å². The third kappa shape index (κ3) is 2.37. The topological polar surface area (TPSA) is 52.6 Å². The largest absolute Gasteiger partial charge is 0.496 e. The van der Waals surface area contributed by atoms with Gasteiger partial charge in [0.05, 0.1) is 25.3 Å². The zero-order valence-corrected chi connectivity index (χ0v) is 11.9. The molecule has 0 bridgehead atoms. The number of ketones is 2. The number of fused-ring (bicyclic) bond motifs is 1. The molecule has 0 aromatic heterocycles. The maximum Gasteiger partial charge on any atom is 0.163 e. The minimum atomic E-state index is -0.0710. The lowest BCUT2D eigenvalue weighted by Crippen LogP contribution is -2.00. The second-order valence-corrected chi connectivity index (χ2v) is 4.56. The van der Waals surface area contributed by atoms with E-state index < -0.39 is 0 Å². The van der Waals surface area contributed by atoms with Crippen molar-refractivity contribution in [1.82, 2.24) is 0 Å². The molecule has 4 nitrogen and oxygen atoms in total. The van der Waals surface area contributed by atoms with E-state index in [1.807, 2.05) is 0 Å². The molecule has 104 valence electrons. The number of ether oxygens (including phenoxy) is 2. The van der Waals surface area contributed by atoms with Crippen LogP contribution in [0.2, 0.25) is 0 Å². The van der Waals surface area contributed by atoms with Gasteiger partial charge in [-0.05, 0) is 48.9 Å². The smallest absolute Gasteiger partial charge is 0.163 e. The Morgan fingerprint density at radius 1 is 0.750 bits per heavy atom. The summed E-state index contributed by atoms with van der Waals surface area (Å²) in [5.41, 5.74) is 1.02. The molecule has 20 heavy (non-hydrogen) atoms. The minimum absolute atomic E-state index is 0.0710. The molecular weight excluding hydrogens is 256 g/mol. The number of Topliss-reactive ketones (excluding diaryl/α,β-unsaturated/α-hetero) is 2. The summed E-state index contributed by atoms with van der Waals surface area (Å²) in [5.74, 6) is 0.867. The molecule has 0 unspecified atom stereocenters. The number of rotatable bonds is 4. The molecule has 2 aromatic rings. The van der Waals surface area contributed by atoms with Crippen molar-refractivity contribution < 1.29 is 19.1 Å². The van der Waals surface area contributed by atoms with Gasteiger partial charge < -0.3 is 9.47 Å². The monoisotopic (exact) mass is 272 g/mol. The van der Waals surface area contributed by atoms with Crippen LogP contribution in [-0.4, -0.2) is 25.8 Å². The van der Waals surface area contributed by atoms with Crippen LogP contribution in [0.25, 0.3) is 10.8 Å². The molecule has 0 atom stereocenters. The summed E-state index contributed by atoms with van der Waals surface area (Å²) in [5, 5.41) is 1.66. The molecule has 0 aliphatic carbocycles. The predicted octanol–water partition coefficient (Wildman–Crippen LogP) is 3.26. The number of benzene rings is 2. The number of methoxy groups -OCH3 is 2. The van der Waals surface area contributed by atoms with E-state index in [1.165, 1.54) is 28.1 Å². The molecule has 0 N–H and O–H groups in total. The molecule has 0 radical (unpaired) electrons. The van der Waals surface area contributed by atoms with Crippen molar-refractivity contribution in [3.8, 4) is 11.5 Å². The van der Waals surface area contributed by atoms with E-state index in [2.05, 4.69) is 0 Å². The fraction of sp³-hybridized carbons (Fsp3) is 0.250. The molecule has 0 aliphatic heterocycles. The Hall–Kier alpha value is -2.36. The van der Waals surface area contributed by atoms with Gasteiger partial charge in [0.2, 0.25) is 0 Å². The van der Waals surface area contributed by atoms with Crippen LogP contribution in [-0.2, 0) is 0 Å². The second-order valence-electron chi connectivity index (χ2n) is 4.56. The Morgan fingerprint density at radius 3 is 1.35 bits per heavy atom. The summed E-state index contributed by atoms with van der Waals surface area (Å²) in [6.45, 7) is 2.98. The number of hydrogen-bond acceptors (Lipinski definition) is 4. The molecule has 2 aromatic carbocycles. The van der Waals surface area contributed by atoms with Crippen LogP contribution in [0.1, 0.15) is 34.6 Å². The Morgan fingerprint density at radius 2 is 1.10 bits per heavy atom. The molecule has 0 heterocycles. The molecule has 2 rings (SSSR count). The molecule has 0 fully saturated rings. The van der Waals surface area contributed by atoms with Gasteiger partial charge in [-0.1, -0.05) is 0 Å². The van der Waals surface area contributed by atoms with Crippen molar-refractivity contribution in [1.29, 1.82) is 0 Å². The number of carbonyl (C=O) groups excluding carboxylic acids is 2. The highest BCUT2D eigenvalue weighted by molar-refractivity contribution is 6.05. The highest BCUT2D eigenvalue weighted by Gasteiger charge is 2.14. The molecule has 0 saturated heterocycles. The number of carbonyl (C=O) groups is 2. The zero-order valence-electron chi connectivity index (χ0n) is 11.9. The van der Waals surface area contributed by atoms with E-state index in [9.17, 15) is 9.59 Å². The Balaban J connectivity index is 2.79. The lowest BCUT2D eigenvalue weighted by Gasteiger charge is -2.11. The standard InChI is InChI=1S/C16H16O4/c1-9(17)13-5-11-8-16(20-4)14(10(2)18)6-12(11)7-15(13)19-3/h5-8H,1-4H3. The summed E-state index contributed by atoms with van der Waals surface area (Å²) >= 11 is 0. The highest BCUT2D eigenvalue weighted by atomic mass is 16.5. The fourth-order valence-corrected chi connectivity index (χ4v) is 2.20. The van der Waals surface area contributed by atoms with Crippen molar-refractivity contribution >= 4 is 22.3 Å². The predicted molar refractivity (Wildman–Crippen MR) is 77.1 cm³/mol. The molecule has 4 heteroatoms. The Kier molecular flexibility index (Phi) is 3.74. The van der Waals surface area contributed by atoms with Crippen molar-refractivity contribution in [2.45, 2.75) is 13.8 Å². The first kappa shape index (κ1) is 14.1. The number of hydrogen-bond donors (Lipinski definition) is 0. The quantitative estimate of drug-likeness (QED) is 0.802. The van der Waals surface area contributed by atoms with Crippen molar-refractivity contribution in [2.24, 2.45) is 0 Å². The molecule has 0 amide bonds. The van der Waals surface area contributed by atoms with Crippen molar-refractivity contribution in [3.63, 3.8) is 0 Å². The first-order valence-electron chi connectivity index (χ1n) is 6.19. The average Bonchev–Trinajstić information content (AvgIpc) is 2.43. The summed E-state index contributed by atoms with van der Waals surface area (Å²) in [6, 6.07) is 7.03. The fourth-order valence-electron chi connectivity index (χ4n) is 2.20. The zero-order chi connectivity index (χ0) is 14.9. The van der Waals surface area contributed by atoms with Gasteiger partial charge in [0.1, 0.15) is 11.5 Å². The summed E-state index contributed by atoms with van der Waals surface area (Å²) in [4.78, 5) is 23.3. The van der Waals surface area contributed by atoms with Gasteiger partial charge in [-0.15, -0.1) is 0 Å². The van der Waals surface area contributed by atoms with Gasteiger partial charge in [0, 0.05) is 0 Å². The van der Waals surface area contributed by atoms with Crippen LogP contribution in [0.4, 0.5) is 0 Å². The van der Waals surface area contributed by atoms with Crippen LogP contribution < -0.4 is 9.47 Å². The van der Waals surface area contributed by atoms with E-state index in [1.54, 1.807) is 24.3 Å². The minimum Gasteiger partial charge on any atom is -0.496 e. The van der Waals surface area contributed by atoms with Gasteiger partial charge in [0.25, 0.3) is 0 Å². The maximum atomic E-state index is 11.6. The van der Waals surface area contributed by atoms with Crippen molar-refractivity contribution in [3.05, 3.63) is 35.4 Å². The first-order valence-corrected chi connectivity index (χ1v) is 6.19. The van der Waals surface area contributed by atoms with Crippen LogP contribution in [0.3, 0.4) is 0 Å². The van der Waals surface area contributed by atoms with Crippen LogP contribution in [0, 0.1) is 0 Å². The lowest BCUT2D eigenvalue weighted by atomic mass is 9.99. The average molecular weight is 272 g/mol. The van der Waals surface area contributed by atoms with E-state index >= 15 is 0 Å². The van der Waals surface area contributed by atoms with Gasteiger partial charge in [-0.2, -0.15) is 0 Å². The van der Waals surface area contributed by atoms with Gasteiger partial charge in [0.15, 0.2) is 11.6 Å². The maximum absolute atomic E-state index is 11.6. The summed E-state index contributed by atoms with van der Waals surface area (Å²) in [6.07, 6.45) is 0. The van der Waals surface area contributed by atoms with E-state index in [0.29, 0.717) is 22.6 Å². The molecule has 0 saturated carbocycles. The third-order valence-electron chi connectivity index (χ3n) is 3.24. The first-order chi connectivity index (χ1) is 9.47. The van der Waals surface area contributed by atoms with E-state index in [4.69, 9.17) is 9.47 Å². The summed E-state index contributed by atoms with van der Waals surface area (Å²) in [7, 11) is 3.03. The van der Waals surface area contributed by atoms with Crippen LogP contribution >= 0.6 is 0 Å². The SMILES string of the molecule is COc1cc2cc(C(C)=O)c(OC)cc2cc1C(C)=O.